The van der Waals surface area contributed by atoms with E-state index in [4.69, 9.17) is 10.5 Å². The summed E-state index contributed by atoms with van der Waals surface area (Å²) in [4.78, 5) is 2.30. The second-order valence-electron chi connectivity index (χ2n) is 3.89. The van der Waals surface area contributed by atoms with Crippen molar-refractivity contribution in [2.24, 2.45) is 5.73 Å². The molecule has 0 aliphatic rings. The highest BCUT2D eigenvalue weighted by Crippen LogP contribution is 2.18. The van der Waals surface area contributed by atoms with Gasteiger partial charge in [0.25, 0.3) is 0 Å². The summed E-state index contributed by atoms with van der Waals surface area (Å²) in [6.45, 7) is 7.54. The number of ether oxygens (including phenoxy) is 1. The van der Waals surface area contributed by atoms with Gasteiger partial charge in [0.2, 0.25) is 0 Å². The van der Waals surface area contributed by atoms with E-state index in [2.05, 4.69) is 36.9 Å². The minimum atomic E-state index is 0.607. The van der Waals surface area contributed by atoms with Crippen molar-refractivity contribution in [3.8, 4) is 0 Å². The SMILES string of the molecule is CCN(CCOC)c1ccc(CN)c(C)c1. The van der Waals surface area contributed by atoms with Crippen LogP contribution in [0.1, 0.15) is 18.1 Å². The van der Waals surface area contributed by atoms with Crippen molar-refractivity contribution in [1.82, 2.24) is 0 Å². The van der Waals surface area contributed by atoms with Gasteiger partial charge >= 0.3 is 0 Å². The topological polar surface area (TPSA) is 38.5 Å². The third kappa shape index (κ3) is 3.22. The van der Waals surface area contributed by atoms with Crippen molar-refractivity contribution in [2.45, 2.75) is 20.4 Å². The van der Waals surface area contributed by atoms with Crippen molar-refractivity contribution in [3.63, 3.8) is 0 Å². The number of benzene rings is 1. The maximum absolute atomic E-state index is 5.66. The summed E-state index contributed by atoms with van der Waals surface area (Å²) < 4.78 is 5.11. The molecule has 0 bridgehead atoms. The third-order valence-electron chi connectivity index (χ3n) is 2.86. The molecule has 0 heterocycles. The normalized spacial score (nSPS) is 10.5. The monoisotopic (exact) mass is 222 g/mol. The second kappa shape index (κ2) is 6.51. The number of rotatable bonds is 6. The Bertz CT molecular complexity index is 326. The fourth-order valence-corrected chi connectivity index (χ4v) is 1.78. The van der Waals surface area contributed by atoms with Crippen LogP contribution in [0.4, 0.5) is 5.69 Å². The highest BCUT2D eigenvalue weighted by Gasteiger charge is 2.05. The van der Waals surface area contributed by atoms with E-state index in [9.17, 15) is 0 Å². The van der Waals surface area contributed by atoms with Crippen molar-refractivity contribution >= 4 is 5.69 Å². The van der Waals surface area contributed by atoms with Crippen LogP contribution in [0.15, 0.2) is 18.2 Å². The molecule has 0 aliphatic heterocycles. The van der Waals surface area contributed by atoms with Gasteiger partial charge in [-0.2, -0.15) is 0 Å². The molecule has 0 saturated heterocycles. The summed E-state index contributed by atoms with van der Waals surface area (Å²) in [7, 11) is 1.73. The lowest BCUT2D eigenvalue weighted by atomic mass is 10.1. The summed E-state index contributed by atoms with van der Waals surface area (Å²) in [6.07, 6.45) is 0. The first-order valence-electron chi connectivity index (χ1n) is 5.76. The molecule has 1 aromatic carbocycles. The number of hydrogen-bond acceptors (Lipinski definition) is 3. The first-order valence-corrected chi connectivity index (χ1v) is 5.76. The quantitative estimate of drug-likeness (QED) is 0.799. The number of likely N-dealkylation sites (N-methyl/N-ethyl adjacent to an activating group) is 1. The van der Waals surface area contributed by atoms with Crippen molar-refractivity contribution in [2.75, 3.05) is 31.7 Å². The van der Waals surface area contributed by atoms with Gasteiger partial charge in [0, 0.05) is 32.4 Å². The molecule has 0 aliphatic carbocycles. The molecule has 3 nitrogen and oxygen atoms in total. The second-order valence-corrected chi connectivity index (χ2v) is 3.89. The number of nitrogens with two attached hydrogens (primary N) is 1. The molecule has 0 aromatic heterocycles. The molecular formula is C13H22N2O. The fourth-order valence-electron chi connectivity index (χ4n) is 1.78. The first kappa shape index (κ1) is 13.0. The Morgan fingerprint density at radius 3 is 2.62 bits per heavy atom. The zero-order valence-electron chi connectivity index (χ0n) is 10.5. The van der Waals surface area contributed by atoms with E-state index in [0.717, 1.165) is 19.7 Å². The van der Waals surface area contributed by atoms with Crippen molar-refractivity contribution in [3.05, 3.63) is 29.3 Å². The van der Waals surface area contributed by atoms with Gasteiger partial charge in [-0.15, -0.1) is 0 Å². The molecule has 0 radical (unpaired) electrons. The molecule has 0 amide bonds. The van der Waals surface area contributed by atoms with Crippen LogP contribution in [-0.2, 0) is 11.3 Å². The maximum atomic E-state index is 5.66. The van der Waals surface area contributed by atoms with Gasteiger partial charge in [0.1, 0.15) is 0 Å². The van der Waals surface area contributed by atoms with Crippen LogP contribution in [-0.4, -0.2) is 26.8 Å². The third-order valence-corrected chi connectivity index (χ3v) is 2.86. The van der Waals surface area contributed by atoms with Crippen molar-refractivity contribution < 1.29 is 4.74 Å². The van der Waals surface area contributed by atoms with Gasteiger partial charge in [0.05, 0.1) is 6.61 Å². The van der Waals surface area contributed by atoms with E-state index >= 15 is 0 Å². The van der Waals surface area contributed by atoms with Gasteiger partial charge < -0.3 is 15.4 Å². The van der Waals surface area contributed by atoms with E-state index in [1.165, 1.54) is 16.8 Å². The van der Waals surface area contributed by atoms with E-state index in [-0.39, 0.29) is 0 Å². The molecule has 0 atom stereocenters. The van der Waals surface area contributed by atoms with Crippen molar-refractivity contribution in [1.29, 1.82) is 0 Å². The Kier molecular flexibility index (Phi) is 5.29. The zero-order valence-corrected chi connectivity index (χ0v) is 10.5. The number of methoxy groups -OCH3 is 1. The Morgan fingerprint density at radius 1 is 1.38 bits per heavy atom. The minimum absolute atomic E-state index is 0.607. The smallest absolute Gasteiger partial charge is 0.0637 e. The molecule has 16 heavy (non-hydrogen) atoms. The van der Waals surface area contributed by atoms with Gasteiger partial charge in [-0.3, -0.25) is 0 Å². The van der Waals surface area contributed by atoms with E-state index in [1.54, 1.807) is 7.11 Å². The van der Waals surface area contributed by atoms with Gasteiger partial charge in [-0.05, 0) is 37.1 Å². The largest absolute Gasteiger partial charge is 0.383 e. The summed E-state index contributed by atoms with van der Waals surface area (Å²) in [5.74, 6) is 0. The van der Waals surface area contributed by atoms with E-state index < -0.39 is 0 Å². The summed E-state index contributed by atoms with van der Waals surface area (Å²) >= 11 is 0. The molecule has 1 rings (SSSR count). The Labute approximate surface area is 98.2 Å². The summed E-state index contributed by atoms with van der Waals surface area (Å²) in [5, 5.41) is 0. The van der Waals surface area contributed by atoms with Crippen LogP contribution < -0.4 is 10.6 Å². The number of nitrogens with zero attached hydrogens (tertiary/aromatic N) is 1. The number of aryl methyl sites for hydroxylation is 1. The van der Waals surface area contributed by atoms with Crippen LogP contribution >= 0.6 is 0 Å². The lowest BCUT2D eigenvalue weighted by Gasteiger charge is -2.23. The van der Waals surface area contributed by atoms with Crippen LogP contribution in [0.5, 0.6) is 0 Å². The Hall–Kier alpha value is -1.06. The van der Waals surface area contributed by atoms with Gasteiger partial charge in [-0.25, -0.2) is 0 Å². The molecule has 2 N–H and O–H groups in total. The summed E-state index contributed by atoms with van der Waals surface area (Å²) in [6, 6.07) is 6.44. The minimum Gasteiger partial charge on any atom is -0.383 e. The van der Waals surface area contributed by atoms with Crippen LogP contribution in [0, 0.1) is 6.92 Å². The Balaban J connectivity index is 2.80. The fraction of sp³-hybridized carbons (Fsp3) is 0.538. The van der Waals surface area contributed by atoms with Crippen LogP contribution in [0.25, 0.3) is 0 Å². The highest BCUT2D eigenvalue weighted by atomic mass is 16.5. The highest BCUT2D eigenvalue weighted by molar-refractivity contribution is 5.50. The molecule has 1 aromatic rings. The average molecular weight is 222 g/mol. The Morgan fingerprint density at radius 2 is 2.12 bits per heavy atom. The van der Waals surface area contributed by atoms with Gasteiger partial charge in [-0.1, -0.05) is 6.07 Å². The molecule has 0 spiro atoms. The van der Waals surface area contributed by atoms with Crippen LogP contribution in [0.3, 0.4) is 0 Å². The molecule has 0 fully saturated rings. The van der Waals surface area contributed by atoms with Crippen LogP contribution in [0.2, 0.25) is 0 Å². The lowest BCUT2D eigenvalue weighted by molar-refractivity contribution is 0.205. The predicted octanol–water partition coefficient (Wildman–Crippen LogP) is 1.93. The zero-order chi connectivity index (χ0) is 12.0. The molecular weight excluding hydrogens is 200 g/mol. The maximum Gasteiger partial charge on any atom is 0.0637 e. The van der Waals surface area contributed by atoms with E-state index in [1.807, 2.05) is 0 Å². The lowest BCUT2D eigenvalue weighted by Crippen LogP contribution is -2.26. The van der Waals surface area contributed by atoms with E-state index in [0.29, 0.717) is 6.54 Å². The molecule has 0 unspecified atom stereocenters. The standard InChI is InChI=1S/C13H22N2O/c1-4-15(7-8-16-3)13-6-5-12(10-14)11(2)9-13/h5-6,9H,4,7-8,10,14H2,1-3H3. The predicted molar refractivity (Wildman–Crippen MR) is 68.8 cm³/mol. The molecule has 90 valence electrons. The summed E-state index contributed by atoms with van der Waals surface area (Å²) in [5.41, 5.74) is 9.38. The number of anilines is 1. The number of hydrogen-bond donors (Lipinski definition) is 1. The molecule has 0 saturated carbocycles. The average Bonchev–Trinajstić information content (AvgIpc) is 2.30. The first-order chi connectivity index (χ1) is 7.72. The van der Waals surface area contributed by atoms with Gasteiger partial charge in [0.15, 0.2) is 0 Å². The molecule has 3 heteroatoms.